The number of hydrogen-bond acceptors (Lipinski definition) is 3. The van der Waals surface area contributed by atoms with Crippen LogP contribution in [-0.2, 0) is 6.54 Å². The maximum absolute atomic E-state index is 12.9. The summed E-state index contributed by atoms with van der Waals surface area (Å²) in [6, 6.07) is 9.21. The van der Waals surface area contributed by atoms with Crippen LogP contribution in [0.4, 0.5) is 0 Å². The molecular weight excluding hydrogens is 318 g/mol. The fourth-order valence-electron chi connectivity index (χ4n) is 4.31. The second kappa shape index (κ2) is 5.46. The Balaban J connectivity index is 1.42. The van der Waals surface area contributed by atoms with Crippen LogP contribution in [0.5, 0.6) is 0 Å². The molecule has 24 heavy (non-hydrogen) atoms. The number of aromatic nitrogens is 1. The summed E-state index contributed by atoms with van der Waals surface area (Å²) in [5.41, 5.74) is 0.880. The number of fused-ring (bicyclic) bond motifs is 3. The monoisotopic (exact) mass is 341 g/mol. The van der Waals surface area contributed by atoms with Crippen LogP contribution in [0.15, 0.2) is 30.5 Å². The van der Waals surface area contributed by atoms with Crippen LogP contribution in [0.2, 0.25) is 0 Å². The summed E-state index contributed by atoms with van der Waals surface area (Å²) in [4.78, 5) is 20.5. The highest BCUT2D eigenvalue weighted by atomic mass is 32.1. The van der Waals surface area contributed by atoms with E-state index in [1.165, 1.54) is 22.6 Å². The number of nitrogens with zero attached hydrogens (tertiary/aromatic N) is 3. The minimum atomic E-state index is 0.238. The molecule has 2 atom stereocenters. The number of amides is 1. The largest absolute Gasteiger partial charge is 0.337 e. The third-order valence-electron chi connectivity index (χ3n) is 5.68. The lowest BCUT2D eigenvalue weighted by Crippen LogP contribution is -2.51. The lowest BCUT2D eigenvalue weighted by atomic mass is 10.1. The smallest absolute Gasteiger partial charge is 0.270 e. The molecule has 3 aliphatic rings. The van der Waals surface area contributed by atoms with Gasteiger partial charge in [0, 0.05) is 42.1 Å². The van der Waals surface area contributed by atoms with Crippen molar-refractivity contribution >= 4 is 17.2 Å². The molecule has 5 rings (SSSR count). The van der Waals surface area contributed by atoms with Gasteiger partial charge in [-0.25, -0.2) is 0 Å². The first-order valence-corrected chi connectivity index (χ1v) is 9.76. The van der Waals surface area contributed by atoms with Crippen molar-refractivity contribution < 1.29 is 4.79 Å². The Hall–Kier alpha value is -1.59. The minimum Gasteiger partial charge on any atom is -0.337 e. The second-order valence-electron chi connectivity index (χ2n) is 7.54. The van der Waals surface area contributed by atoms with Crippen molar-refractivity contribution in [2.75, 3.05) is 19.6 Å². The topological polar surface area (TPSA) is 28.5 Å². The molecule has 0 aromatic carbocycles. The van der Waals surface area contributed by atoms with E-state index in [1.807, 2.05) is 23.5 Å². The fraction of sp³-hybridized carbons (Fsp3) is 0.526. The van der Waals surface area contributed by atoms with Crippen molar-refractivity contribution in [3.05, 3.63) is 45.9 Å². The molecule has 2 aromatic heterocycles. The standard InChI is InChI=1S/C19H23N3OS/c1-13-4-7-15(24-13)10-20-11-17-18(12-20)22(9-14-5-6-14)19(23)16-3-2-8-21(16)17/h2-4,7-8,14,17-18H,5-6,9-12H2,1H3/t17-,18+/m1/s1. The highest BCUT2D eigenvalue weighted by Crippen LogP contribution is 2.38. The number of thiophene rings is 1. The van der Waals surface area contributed by atoms with Crippen molar-refractivity contribution in [1.29, 1.82) is 0 Å². The summed E-state index contributed by atoms with van der Waals surface area (Å²) in [7, 11) is 0. The average Bonchev–Trinajstić information content (AvgIpc) is 2.96. The normalized spacial score (nSPS) is 26.7. The Labute approximate surface area is 146 Å². The first kappa shape index (κ1) is 14.7. The van der Waals surface area contributed by atoms with Gasteiger partial charge in [0.1, 0.15) is 5.69 Å². The van der Waals surface area contributed by atoms with Gasteiger partial charge in [-0.15, -0.1) is 11.3 Å². The van der Waals surface area contributed by atoms with Gasteiger partial charge in [-0.05, 0) is 49.9 Å². The Morgan fingerprint density at radius 1 is 1.17 bits per heavy atom. The van der Waals surface area contributed by atoms with E-state index in [4.69, 9.17) is 0 Å². The molecule has 0 bridgehead atoms. The molecular formula is C19H23N3OS. The van der Waals surface area contributed by atoms with E-state index >= 15 is 0 Å². The number of carbonyl (C=O) groups is 1. The zero-order valence-electron chi connectivity index (χ0n) is 14.0. The molecule has 2 aliphatic heterocycles. The summed E-state index contributed by atoms with van der Waals surface area (Å²) in [6.07, 6.45) is 4.68. The van der Waals surface area contributed by atoms with Gasteiger partial charge in [-0.2, -0.15) is 0 Å². The van der Waals surface area contributed by atoms with Crippen molar-refractivity contribution in [3.8, 4) is 0 Å². The van der Waals surface area contributed by atoms with Crippen LogP contribution < -0.4 is 0 Å². The number of carbonyl (C=O) groups excluding carboxylic acids is 1. The maximum Gasteiger partial charge on any atom is 0.270 e. The molecule has 1 amide bonds. The van der Waals surface area contributed by atoms with Crippen LogP contribution in [0.25, 0.3) is 0 Å². The molecule has 0 radical (unpaired) electrons. The van der Waals surface area contributed by atoms with E-state index in [9.17, 15) is 4.79 Å². The molecule has 1 aliphatic carbocycles. The van der Waals surface area contributed by atoms with Crippen LogP contribution >= 0.6 is 11.3 Å². The van der Waals surface area contributed by atoms with Crippen LogP contribution in [0.3, 0.4) is 0 Å². The first-order valence-electron chi connectivity index (χ1n) is 8.94. The van der Waals surface area contributed by atoms with Gasteiger partial charge in [-0.3, -0.25) is 9.69 Å². The molecule has 0 unspecified atom stereocenters. The summed E-state index contributed by atoms with van der Waals surface area (Å²) in [5.74, 6) is 0.979. The van der Waals surface area contributed by atoms with Gasteiger partial charge in [0.2, 0.25) is 0 Å². The summed E-state index contributed by atoms with van der Waals surface area (Å²) >= 11 is 1.89. The van der Waals surface area contributed by atoms with Crippen molar-refractivity contribution in [3.63, 3.8) is 0 Å². The minimum absolute atomic E-state index is 0.238. The lowest BCUT2D eigenvalue weighted by molar-refractivity contribution is 0.0565. The summed E-state index contributed by atoms with van der Waals surface area (Å²) in [6.45, 7) is 6.17. The Morgan fingerprint density at radius 2 is 2.00 bits per heavy atom. The number of rotatable bonds is 4. The molecule has 2 aromatic rings. The fourth-order valence-corrected chi connectivity index (χ4v) is 5.24. The number of hydrogen-bond donors (Lipinski definition) is 0. The van der Waals surface area contributed by atoms with E-state index in [-0.39, 0.29) is 5.91 Å². The number of likely N-dealkylation sites (tertiary alicyclic amines) is 1. The number of aryl methyl sites for hydroxylation is 1. The maximum atomic E-state index is 12.9. The zero-order chi connectivity index (χ0) is 16.3. The Morgan fingerprint density at radius 3 is 2.75 bits per heavy atom. The van der Waals surface area contributed by atoms with E-state index in [2.05, 4.69) is 39.6 Å². The first-order chi connectivity index (χ1) is 11.7. The van der Waals surface area contributed by atoms with E-state index in [0.29, 0.717) is 12.1 Å². The molecule has 2 fully saturated rings. The van der Waals surface area contributed by atoms with Crippen LogP contribution in [-0.4, -0.2) is 46.0 Å². The Bertz CT molecular complexity index is 775. The molecule has 0 spiro atoms. The van der Waals surface area contributed by atoms with Gasteiger partial charge in [-0.1, -0.05) is 0 Å². The predicted octanol–water partition coefficient (Wildman–Crippen LogP) is 3.15. The Kier molecular flexibility index (Phi) is 3.35. The van der Waals surface area contributed by atoms with Crippen molar-refractivity contribution in [2.45, 2.75) is 38.4 Å². The summed E-state index contributed by atoms with van der Waals surface area (Å²) < 4.78 is 2.23. The lowest BCUT2D eigenvalue weighted by Gasteiger charge is -2.38. The second-order valence-corrected chi connectivity index (χ2v) is 8.92. The van der Waals surface area contributed by atoms with E-state index in [0.717, 1.165) is 37.8 Å². The highest BCUT2D eigenvalue weighted by Gasteiger charge is 2.46. The predicted molar refractivity (Wildman–Crippen MR) is 95.4 cm³/mol. The van der Waals surface area contributed by atoms with Gasteiger partial charge < -0.3 is 9.47 Å². The molecule has 4 nitrogen and oxygen atoms in total. The van der Waals surface area contributed by atoms with Crippen molar-refractivity contribution in [1.82, 2.24) is 14.4 Å². The van der Waals surface area contributed by atoms with Gasteiger partial charge in [0.25, 0.3) is 5.91 Å². The molecule has 0 N–H and O–H groups in total. The third-order valence-corrected chi connectivity index (χ3v) is 6.66. The molecule has 1 saturated heterocycles. The molecule has 4 heterocycles. The zero-order valence-corrected chi connectivity index (χ0v) is 14.8. The molecule has 1 saturated carbocycles. The van der Waals surface area contributed by atoms with Gasteiger partial charge >= 0.3 is 0 Å². The van der Waals surface area contributed by atoms with Crippen molar-refractivity contribution in [2.24, 2.45) is 5.92 Å². The van der Waals surface area contributed by atoms with E-state index < -0.39 is 0 Å². The van der Waals surface area contributed by atoms with Crippen LogP contribution in [0.1, 0.15) is 39.1 Å². The summed E-state index contributed by atoms with van der Waals surface area (Å²) in [5, 5.41) is 0. The average molecular weight is 341 g/mol. The third kappa shape index (κ3) is 2.42. The SMILES string of the molecule is Cc1ccc(CN2C[C@@H]3[C@H](C2)N(CC2CC2)C(=O)c2cccn23)s1. The van der Waals surface area contributed by atoms with Gasteiger partial charge in [0.05, 0.1) is 12.1 Å². The quantitative estimate of drug-likeness (QED) is 0.855. The van der Waals surface area contributed by atoms with E-state index in [1.54, 1.807) is 0 Å². The van der Waals surface area contributed by atoms with Crippen LogP contribution in [0, 0.1) is 12.8 Å². The molecule has 126 valence electrons. The molecule has 5 heteroatoms. The highest BCUT2D eigenvalue weighted by molar-refractivity contribution is 7.11. The van der Waals surface area contributed by atoms with Gasteiger partial charge in [0.15, 0.2) is 0 Å².